The van der Waals surface area contributed by atoms with E-state index in [1.54, 1.807) is 0 Å². The van der Waals surface area contributed by atoms with Crippen LogP contribution in [0.4, 0.5) is 0 Å². The molecule has 0 saturated carbocycles. The van der Waals surface area contributed by atoms with Crippen molar-refractivity contribution >= 4 is 10.8 Å². The van der Waals surface area contributed by atoms with Crippen molar-refractivity contribution in [2.45, 2.75) is 82.6 Å². The van der Waals surface area contributed by atoms with Crippen LogP contribution in [0.5, 0.6) is 11.8 Å². The molecule has 5 nitrogen and oxygen atoms in total. The van der Waals surface area contributed by atoms with Gasteiger partial charge in [0.1, 0.15) is 4.90 Å². The Balaban J connectivity index is 2.22. The summed E-state index contributed by atoms with van der Waals surface area (Å²) >= 11 is 0. The Morgan fingerprint density at radius 1 is 0.958 bits per heavy atom. The summed E-state index contributed by atoms with van der Waals surface area (Å²) in [6.07, 6.45) is 12.3. The van der Waals surface area contributed by atoms with Crippen molar-refractivity contribution in [3.05, 3.63) is 6.07 Å². The first-order valence-electron chi connectivity index (χ1n) is 9.22. The van der Waals surface area contributed by atoms with Gasteiger partial charge in [0.2, 0.25) is 5.88 Å². The van der Waals surface area contributed by atoms with Gasteiger partial charge in [-0.3, -0.25) is 8.78 Å². The number of aromatic hydroxyl groups is 2. The molecule has 1 rings (SSSR count). The maximum absolute atomic E-state index is 11.8. The van der Waals surface area contributed by atoms with E-state index in [1.807, 2.05) is 0 Å². The van der Waals surface area contributed by atoms with E-state index in [-0.39, 0.29) is 29.0 Å². The molecule has 3 N–H and O–H groups in total. The van der Waals surface area contributed by atoms with Crippen molar-refractivity contribution < 1.29 is 19.5 Å². The van der Waals surface area contributed by atoms with E-state index in [0.717, 1.165) is 12.8 Å². The first kappa shape index (κ1) is 21.0. The summed E-state index contributed by atoms with van der Waals surface area (Å²) < 4.78 is 13.2. The molecular formula is C18H33NO4S. The third kappa shape index (κ3) is 7.26. The Bertz CT molecular complexity index is 488. The van der Waals surface area contributed by atoms with Gasteiger partial charge in [-0.05, 0) is 6.42 Å². The number of hydrogen-bond acceptors (Lipinski definition) is 4. The molecule has 1 aromatic rings. The average Bonchev–Trinajstić information content (AvgIpc) is 2.84. The minimum Gasteiger partial charge on any atom is -0.494 e. The van der Waals surface area contributed by atoms with E-state index in [9.17, 15) is 14.4 Å². The molecule has 0 radical (unpaired) electrons. The van der Waals surface area contributed by atoms with Crippen molar-refractivity contribution in [3.8, 4) is 11.8 Å². The minimum atomic E-state index is -1.48. The molecule has 6 heteroatoms. The van der Waals surface area contributed by atoms with Gasteiger partial charge >= 0.3 is 0 Å². The third-order valence-electron chi connectivity index (χ3n) is 4.27. The van der Waals surface area contributed by atoms with Crippen molar-refractivity contribution in [2.75, 3.05) is 12.4 Å². The molecule has 1 aromatic heterocycles. The zero-order chi connectivity index (χ0) is 17.8. The van der Waals surface area contributed by atoms with Crippen LogP contribution in [0.1, 0.15) is 71.1 Å². The molecule has 0 aliphatic rings. The summed E-state index contributed by atoms with van der Waals surface area (Å²) in [4.78, 5) is 0.202. The molecule has 0 fully saturated rings. The Morgan fingerprint density at radius 3 is 2.04 bits per heavy atom. The highest BCUT2D eigenvalue weighted by atomic mass is 32.2. The molecule has 0 aliphatic carbocycles. The quantitative estimate of drug-likeness (QED) is 0.440. The number of nitrogens with zero attached hydrogens (tertiary/aromatic N) is 1. The second kappa shape index (κ2) is 12.4. The first-order valence-corrected chi connectivity index (χ1v) is 10.5. The second-order valence-electron chi connectivity index (χ2n) is 6.30. The van der Waals surface area contributed by atoms with Crippen LogP contribution < -0.4 is 0 Å². The van der Waals surface area contributed by atoms with Gasteiger partial charge in [0, 0.05) is 12.6 Å². The Kier molecular flexibility index (Phi) is 10.8. The van der Waals surface area contributed by atoms with Crippen LogP contribution in [0.2, 0.25) is 0 Å². The average molecular weight is 360 g/mol. The molecule has 0 aromatic carbocycles. The Hall–Kier alpha value is -1.01. The zero-order valence-electron chi connectivity index (χ0n) is 14.9. The Morgan fingerprint density at radius 2 is 1.50 bits per heavy atom. The highest BCUT2D eigenvalue weighted by Crippen LogP contribution is 2.30. The van der Waals surface area contributed by atoms with Crippen LogP contribution in [0.25, 0.3) is 0 Å². The van der Waals surface area contributed by atoms with Gasteiger partial charge in [0.05, 0.1) is 23.2 Å². The Labute approximate surface area is 148 Å². The van der Waals surface area contributed by atoms with E-state index in [0.29, 0.717) is 6.54 Å². The minimum absolute atomic E-state index is 0.0648. The fraction of sp³-hybridized carbons (Fsp3) is 0.778. The fourth-order valence-electron chi connectivity index (χ4n) is 2.84. The van der Waals surface area contributed by atoms with Crippen LogP contribution in [-0.2, 0) is 17.3 Å². The maximum atomic E-state index is 11.8. The lowest BCUT2D eigenvalue weighted by Crippen LogP contribution is -2.02. The fourth-order valence-corrected chi connectivity index (χ4v) is 3.78. The van der Waals surface area contributed by atoms with Crippen molar-refractivity contribution in [1.82, 2.24) is 4.57 Å². The van der Waals surface area contributed by atoms with Gasteiger partial charge in [0.15, 0.2) is 5.88 Å². The highest BCUT2D eigenvalue weighted by molar-refractivity contribution is 7.85. The normalized spacial score (nSPS) is 12.6. The zero-order valence-corrected chi connectivity index (χ0v) is 15.7. The summed E-state index contributed by atoms with van der Waals surface area (Å²) in [7, 11) is -1.48. The standard InChI is InChI=1S/C18H33NO4S/c1-2-3-4-5-6-7-8-9-10-11-12-19-17(21)15-16(18(19)22)24(23)14-13-20/h15,20-22H,2-14H2,1H3. The van der Waals surface area contributed by atoms with Crippen LogP contribution in [0.3, 0.4) is 0 Å². The monoisotopic (exact) mass is 359 g/mol. The number of aliphatic hydroxyl groups is 1. The number of aromatic nitrogens is 1. The first-order chi connectivity index (χ1) is 11.6. The summed E-state index contributed by atoms with van der Waals surface area (Å²) in [5.74, 6) is -0.144. The molecule has 0 aliphatic heterocycles. The lowest BCUT2D eigenvalue weighted by Gasteiger charge is -2.07. The molecule has 0 spiro atoms. The SMILES string of the molecule is CCCCCCCCCCCCn1c(O)cc(S(=O)CCO)c1O. The number of rotatable bonds is 14. The predicted molar refractivity (Wildman–Crippen MR) is 98.0 cm³/mol. The lowest BCUT2D eigenvalue weighted by molar-refractivity contribution is 0.321. The molecular weight excluding hydrogens is 326 g/mol. The van der Waals surface area contributed by atoms with E-state index in [2.05, 4.69) is 6.92 Å². The lowest BCUT2D eigenvalue weighted by atomic mass is 10.1. The van der Waals surface area contributed by atoms with Crippen molar-refractivity contribution in [3.63, 3.8) is 0 Å². The number of hydrogen-bond donors (Lipinski definition) is 3. The van der Waals surface area contributed by atoms with Gasteiger partial charge in [-0.15, -0.1) is 0 Å². The van der Waals surface area contributed by atoms with E-state index in [4.69, 9.17) is 5.11 Å². The molecule has 24 heavy (non-hydrogen) atoms. The van der Waals surface area contributed by atoms with Crippen LogP contribution >= 0.6 is 0 Å². The number of unbranched alkanes of at least 4 members (excludes halogenated alkanes) is 9. The molecule has 140 valence electrons. The van der Waals surface area contributed by atoms with Gasteiger partial charge in [-0.2, -0.15) is 0 Å². The third-order valence-corrected chi connectivity index (χ3v) is 5.61. The number of aliphatic hydroxyl groups excluding tert-OH is 1. The summed E-state index contributed by atoms with van der Waals surface area (Å²) in [5.41, 5.74) is 0. The van der Waals surface area contributed by atoms with Gasteiger partial charge in [0.25, 0.3) is 0 Å². The van der Waals surface area contributed by atoms with Crippen molar-refractivity contribution in [1.29, 1.82) is 0 Å². The largest absolute Gasteiger partial charge is 0.494 e. The molecule has 0 bridgehead atoms. The van der Waals surface area contributed by atoms with Gasteiger partial charge < -0.3 is 15.3 Å². The molecule has 0 saturated heterocycles. The van der Waals surface area contributed by atoms with E-state index >= 15 is 0 Å². The van der Waals surface area contributed by atoms with E-state index in [1.165, 1.54) is 62.0 Å². The maximum Gasteiger partial charge on any atom is 0.210 e. The van der Waals surface area contributed by atoms with Crippen LogP contribution in [-0.4, -0.2) is 36.5 Å². The smallest absolute Gasteiger partial charge is 0.210 e. The molecule has 1 unspecified atom stereocenters. The van der Waals surface area contributed by atoms with Crippen LogP contribution in [0.15, 0.2) is 11.0 Å². The summed E-state index contributed by atoms with van der Waals surface area (Å²) in [6.45, 7) is 2.54. The van der Waals surface area contributed by atoms with Crippen molar-refractivity contribution in [2.24, 2.45) is 0 Å². The predicted octanol–water partition coefficient (Wildman–Crippen LogP) is 3.92. The topological polar surface area (TPSA) is 82.7 Å². The van der Waals surface area contributed by atoms with Gasteiger partial charge in [-0.1, -0.05) is 64.7 Å². The molecule has 1 atom stereocenters. The summed E-state index contributed by atoms with van der Waals surface area (Å²) in [6, 6.07) is 1.33. The second-order valence-corrected chi connectivity index (χ2v) is 7.84. The van der Waals surface area contributed by atoms with Gasteiger partial charge in [-0.25, -0.2) is 0 Å². The summed E-state index contributed by atoms with van der Waals surface area (Å²) in [5, 5.41) is 28.8. The molecule has 0 amide bonds. The highest BCUT2D eigenvalue weighted by Gasteiger charge is 2.18. The van der Waals surface area contributed by atoms with E-state index < -0.39 is 10.8 Å². The molecule has 1 heterocycles. The van der Waals surface area contributed by atoms with Crippen LogP contribution in [0, 0.1) is 0 Å².